The maximum Gasteiger partial charge on any atom is 0.243 e. The average molecular weight is 492 g/mol. The number of nitro groups is 1. The average Bonchev–Trinajstić information content (AvgIpc) is 3.64. The van der Waals surface area contributed by atoms with Gasteiger partial charge in [0.1, 0.15) is 17.4 Å². The molecule has 11 nitrogen and oxygen atoms in total. The van der Waals surface area contributed by atoms with Crippen molar-refractivity contribution in [3.8, 4) is 17.2 Å². The molecule has 2 aromatic rings. The van der Waals surface area contributed by atoms with Crippen LogP contribution in [-0.4, -0.2) is 62.5 Å². The Bertz CT molecular complexity index is 1160. The number of carbonyl (C=O) groups excluding carboxylic acids is 1. The maximum absolute atomic E-state index is 13.1. The Kier molecular flexibility index (Phi) is 7.00. The van der Waals surface area contributed by atoms with Crippen LogP contribution in [-0.2, 0) is 19.6 Å². The number of sulfonamides is 1. The number of ether oxygens (including phenoxy) is 3. The van der Waals surface area contributed by atoms with Gasteiger partial charge in [0.2, 0.25) is 22.0 Å². The molecule has 0 radical (unpaired) electrons. The molecule has 1 aliphatic carbocycles. The van der Waals surface area contributed by atoms with Gasteiger partial charge in [-0.05, 0) is 49.4 Å². The third-order valence-electron chi connectivity index (χ3n) is 5.54. The summed E-state index contributed by atoms with van der Waals surface area (Å²) >= 11 is 0. The highest BCUT2D eigenvalue weighted by molar-refractivity contribution is 7.89. The Morgan fingerprint density at radius 1 is 1.18 bits per heavy atom. The minimum Gasteiger partial charge on any atom is -0.494 e. The van der Waals surface area contributed by atoms with Crippen molar-refractivity contribution in [3.05, 3.63) is 52.6 Å². The van der Waals surface area contributed by atoms with E-state index in [0.717, 1.165) is 0 Å². The number of rotatable bonds is 9. The standard InChI is InChI=1S/C22H25N3O8S/c1-2-32-15-3-5-16(6-4-15)33-21-8-7-17(34(29,30)24-9-11-31-12-10-24)13-19(21)23-22(26)18-14-20(18)25(27)28/h3-8,13,18,20H,2,9-12,14H2,1H3,(H,23,26). The van der Waals surface area contributed by atoms with E-state index < -0.39 is 32.8 Å². The van der Waals surface area contributed by atoms with E-state index >= 15 is 0 Å². The lowest BCUT2D eigenvalue weighted by atomic mass is 10.2. The van der Waals surface area contributed by atoms with Gasteiger partial charge in [-0.3, -0.25) is 14.9 Å². The zero-order valence-corrected chi connectivity index (χ0v) is 19.3. The smallest absolute Gasteiger partial charge is 0.243 e. The van der Waals surface area contributed by atoms with Gasteiger partial charge in [0.25, 0.3) is 0 Å². The van der Waals surface area contributed by atoms with Crippen molar-refractivity contribution in [1.82, 2.24) is 4.31 Å². The summed E-state index contributed by atoms with van der Waals surface area (Å²) < 4.78 is 44.0. The molecular formula is C22H25N3O8S. The van der Waals surface area contributed by atoms with Crippen LogP contribution < -0.4 is 14.8 Å². The second kappa shape index (κ2) is 9.95. The normalized spacial score (nSPS) is 20.4. The van der Waals surface area contributed by atoms with E-state index in [2.05, 4.69) is 5.32 Å². The number of nitrogens with one attached hydrogen (secondary N) is 1. The molecule has 0 bridgehead atoms. The van der Waals surface area contributed by atoms with E-state index in [1.807, 2.05) is 6.92 Å². The maximum atomic E-state index is 13.1. The van der Waals surface area contributed by atoms with Crippen molar-refractivity contribution in [2.24, 2.45) is 5.92 Å². The largest absolute Gasteiger partial charge is 0.494 e. The molecule has 4 rings (SSSR count). The zero-order chi connectivity index (χ0) is 24.3. The molecule has 1 saturated heterocycles. The van der Waals surface area contributed by atoms with E-state index in [-0.39, 0.29) is 35.8 Å². The van der Waals surface area contributed by atoms with Gasteiger partial charge < -0.3 is 19.5 Å². The highest BCUT2D eigenvalue weighted by atomic mass is 32.2. The van der Waals surface area contributed by atoms with Crippen molar-refractivity contribution in [3.63, 3.8) is 0 Å². The van der Waals surface area contributed by atoms with Crippen molar-refractivity contribution in [2.75, 3.05) is 38.2 Å². The molecule has 1 N–H and O–H groups in total. The van der Waals surface area contributed by atoms with Crippen LogP contribution >= 0.6 is 0 Å². The number of benzene rings is 2. The van der Waals surface area contributed by atoms with E-state index in [1.165, 1.54) is 22.5 Å². The molecule has 2 aromatic carbocycles. The molecule has 182 valence electrons. The molecule has 1 saturated carbocycles. The predicted octanol–water partition coefficient (Wildman–Crippen LogP) is 2.50. The van der Waals surface area contributed by atoms with E-state index in [1.54, 1.807) is 24.3 Å². The Morgan fingerprint density at radius 3 is 2.47 bits per heavy atom. The number of anilines is 1. The molecule has 1 heterocycles. The zero-order valence-electron chi connectivity index (χ0n) is 18.5. The Labute approximate surface area is 196 Å². The SMILES string of the molecule is CCOc1ccc(Oc2ccc(S(=O)(=O)N3CCOCC3)cc2NC(=O)C2CC2[N+](=O)[O-])cc1. The lowest BCUT2D eigenvalue weighted by Gasteiger charge is -2.26. The summed E-state index contributed by atoms with van der Waals surface area (Å²) in [4.78, 5) is 23.1. The van der Waals surface area contributed by atoms with Gasteiger partial charge in [-0.15, -0.1) is 0 Å². The topological polar surface area (TPSA) is 137 Å². The summed E-state index contributed by atoms with van der Waals surface area (Å²) in [5.41, 5.74) is 0.113. The van der Waals surface area contributed by atoms with Gasteiger partial charge in [-0.2, -0.15) is 4.31 Å². The summed E-state index contributed by atoms with van der Waals surface area (Å²) in [6, 6.07) is 10.0. The quantitative estimate of drug-likeness (QED) is 0.417. The molecule has 12 heteroatoms. The second-order valence-corrected chi connectivity index (χ2v) is 9.80. The molecule has 34 heavy (non-hydrogen) atoms. The van der Waals surface area contributed by atoms with Crippen molar-refractivity contribution in [2.45, 2.75) is 24.3 Å². The molecule has 2 atom stereocenters. The minimum absolute atomic E-state index is 0.0228. The Morgan fingerprint density at radius 2 is 1.85 bits per heavy atom. The molecule has 0 aromatic heterocycles. The van der Waals surface area contributed by atoms with Crippen molar-refractivity contribution >= 4 is 21.6 Å². The first-order chi connectivity index (χ1) is 16.3. The van der Waals surface area contributed by atoms with Crippen LogP contribution in [0, 0.1) is 16.0 Å². The van der Waals surface area contributed by atoms with Gasteiger partial charge in [-0.1, -0.05) is 0 Å². The predicted molar refractivity (Wildman–Crippen MR) is 121 cm³/mol. The van der Waals surface area contributed by atoms with Gasteiger partial charge in [0, 0.05) is 24.4 Å². The first-order valence-electron chi connectivity index (χ1n) is 10.9. The monoisotopic (exact) mass is 491 g/mol. The molecule has 2 aliphatic rings. The van der Waals surface area contributed by atoms with E-state index in [4.69, 9.17) is 14.2 Å². The highest BCUT2D eigenvalue weighted by Crippen LogP contribution is 2.37. The van der Waals surface area contributed by atoms with Gasteiger partial charge in [-0.25, -0.2) is 8.42 Å². The number of amides is 1. The summed E-state index contributed by atoms with van der Waals surface area (Å²) in [5.74, 6) is -0.0176. The van der Waals surface area contributed by atoms with E-state index in [9.17, 15) is 23.3 Å². The van der Waals surface area contributed by atoms with Gasteiger partial charge in [0.05, 0.1) is 30.4 Å². The first kappa shape index (κ1) is 23.9. The molecular weight excluding hydrogens is 466 g/mol. The lowest BCUT2D eigenvalue weighted by Crippen LogP contribution is -2.40. The van der Waals surface area contributed by atoms with Crippen LogP contribution in [0.1, 0.15) is 13.3 Å². The molecule has 0 spiro atoms. The van der Waals surface area contributed by atoms with Gasteiger partial charge >= 0.3 is 0 Å². The van der Waals surface area contributed by atoms with Crippen LogP contribution in [0.25, 0.3) is 0 Å². The fraction of sp³-hybridized carbons (Fsp3) is 0.409. The van der Waals surface area contributed by atoms with Crippen LogP contribution in [0.5, 0.6) is 17.2 Å². The van der Waals surface area contributed by atoms with Crippen LogP contribution in [0.3, 0.4) is 0 Å². The Balaban J connectivity index is 1.61. The third-order valence-corrected chi connectivity index (χ3v) is 7.44. The number of hydrogen-bond donors (Lipinski definition) is 1. The summed E-state index contributed by atoms with van der Waals surface area (Å²) in [6.07, 6.45) is 0.139. The second-order valence-electron chi connectivity index (χ2n) is 7.87. The molecule has 1 aliphatic heterocycles. The number of hydrogen-bond acceptors (Lipinski definition) is 8. The van der Waals surface area contributed by atoms with Crippen LogP contribution in [0.2, 0.25) is 0 Å². The fourth-order valence-electron chi connectivity index (χ4n) is 3.61. The minimum atomic E-state index is -3.83. The van der Waals surface area contributed by atoms with Crippen LogP contribution in [0.15, 0.2) is 47.4 Å². The number of morpholine rings is 1. The van der Waals surface area contributed by atoms with Crippen LogP contribution in [0.4, 0.5) is 5.69 Å². The van der Waals surface area contributed by atoms with E-state index in [0.29, 0.717) is 31.3 Å². The lowest BCUT2D eigenvalue weighted by molar-refractivity contribution is -0.497. The highest BCUT2D eigenvalue weighted by Gasteiger charge is 2.53. The fourth-order valence-corrected chi connectivity index (χ4v) is 5.05. The third kappa shape index (κ3) is 5.29. The number of carbonyl (C=O) groups is 1. The molecule has 1 amide bonds. The summed E-state index contributed by atoms with van der Waals surface area (Å²) in [7, 11) is -3.83. The summed E-state index contributed by atoms with van der Waals surface area (Å²) in [6.45, 7) is 3.43. The van der Waals surface area contributed by atoms with Crippen molar-refractivity contribution < 1.29 is 32.3 Å². The van der Waals surface area contributed by atoms with Gasteiger partial charge in [0.15, 0.2) is 5.75 Å². The first-order valence-corrected chi connectivity index (χ1v) is 12.3. The molecule has 2 fully saturated rings. The summed E-state index contributed by atoms with van der Waals surface area (Å²) in [5, 5.41) is 13.6. The van der Waals surface area contributed by atoms with Crippen molar-refractivity contribution in [1.29, 1.82) is 0 Å². The molecule has 2 unspecified atom stereocenters. The Hall–Kier alpha value is -3.22. The number of nitrogens with zero attached hydrogens (tertiary/aromatic N) is 2.